The zero-order valence-electron chi connectivity index (χ0n) is 15.9. The van der Waals surface area contributed by atoms with Gasteiger partial charge in [-0.2, -0.15) is 0 Å². The van der Waals surface area contributed by atoms with E-state index in [9.17, 15) is 4.79 Å². The number of carbonyl (C=O) groups excluding carboxylic acids is 1. The van der Waals surface area contributed by atoms with Gasteiger partial charge in [0.15, 0.2) is 0 Å². The fourth-order valence-corrected chi connectivity index (χ4v) is 3.21. The molecular formula is C21H26ClN3O2. The van der Waals surface area contributed by atoms with Crippen molar-refractivity contribution in [1.82, 2.24) is 9.80 Å². The number of carbonyl (C=O) groups is 1. The molecule has 2 aromatic carbocycles. The molecule has 0 aliphatic carbocycles. The highest BCUT2D eigenvalue weighted by Crippen LogP contribution is 2.16. The Labute approximate surface area is 166 Å². The van der Waals surface area contributed by atoms with Crippen molar-refractivity contribution in [2.75, 3.05) is 58.3 Å². The summed E-state index contributed by atoms with van der Waals surface area (Å²) in [6.07, 6.45) is 0. The summed E-state index contributed by atoms with van der Waals surface area (Å²) >= 11 is 5.87. The molecule has 1 heterocycles. The van der Waals surface area contributed by atoms with Crippen molar-refractivity contribution in [2.45, 2.75) is 0 Å². The fraction of sp³-hybridized carbons (Fsp3) is 0.381. The van der Waals surface area contributed by atoms with Crippen molar-refractivity contribution >= 4 is 23.2 Å². The summed E-state index contributed by atoms with van der Waals surface area (Å²) < 4.78 is 5.75. The van der Waals surface area contributed by atoms with Crippen LogP contribution in [0.25, 0.3) is 0 Å². The van der Waals surface area contributed by atoms with Crippen LogP contribution < -0.4 is 9.64 Å². The Morgan fingerprint density at radius 2 is 1.63 bits per heavy atom. The van der Waals surface area contributed by atoms with Crippen LogP contribution in [0, 0.1) is 0 Å². The number of rotatable bonds is 6. The molecule has 0 spiro atoms. The number of ether oxygens (including phenoxy) is 1. The highest BCUT2D eigenvalue weighted by atomic mass is 35.5. The maximum Gasteiger partial charge on any atom is 0.253 e. The SMILES string of the molecule is CN(C)c1ccc(C(=O)N2CCN(CCOc3ccc(Cl)cc3)CC2)cc1. The first-order valence-electron chi connectivity index (χ1n) is 9.20. The number of hydrogen-bond acceptors (Lipinski definition) is 4. The van der Waals surface area contributed by atoms with E-state index < -0.39 is 0 Å². The number of benzene rings is 2. The van der Waals surface area contributed by atoms with Crippen molar-refractivity contribution in [3.8, 4) is 5.75 Å². The van der Waals surface area contributed by atoms with Crippen LogP contribution in [-0.4, -0.2) is 69.1 Å². The molecule has 6 heteroatoms. The lowest BCUT2D eigenvalue weighted by Gasteiger charge is -2.34. The van der Waals surface area contributed by atoms with E-state index in [-0.39, 0.29) is 5.91 Å². The number of nitrogens with zero attached hydrogens (tertiary/aromatic N) is 3. The number of anilines is 1. The van der Waals surface area contributed by atoms with Gasteiger partial charge in [0, 0.05) is 63.1 Å². The molecule has 144 valence electrons. The standard InChI is InChI=1S/C21H26ClN3O2/c1-23(2)19-7-3-17(4-8-19)21(26)25-13-11-24(12-14-25)15-16-27-20-9-5-18(22)6-10-20/h3-10H,11-16H2,1-2H3. The van der Waals surface area contributed by atoms with Gasteiger partial charge in [-0.3, -0.25) is 9.69 Å². The third-order valence-electron chi connectivity index (χ3n) is 4.78. The minimum atomic E-state index is 0.109. The minimum absolute atomic E-state index is 0.109. The molecule has 5 nitrogen and oxygen atoms in total. The van der Waals surface area contributed by atoms with Gasteiger partial charge in [-0.1, -0.05) is 11.6 Å². The Kier molecular flexibility index (Phi) is 6.58. The molecule has 1 amide bonds. The highest BCUT2D eigenvalue weighted by molar-refractivity contribution is 6.30. The van der Waals surface area contributed by atoms with Gasteiger partial charge in [-0.15, -0.1) is 0 Å². The average Bonchev–Trinajstić information content (AvgIpc) is 2.69. The lowest BCUT2D eigenvalue weighted by Crippen LogP contribution is -2.49. The second kappa shape index (κ2) is 9.11. The molecule has 27 heavy (non-hydrogen) atoms. The smallest absolute Gasteiger partial charge is 0.253 e. The fourth-order valence-electron chi connectivity index (χ4n) is 3.08. The van der Waals surface area contributed by atoms with Crippen molar-refractivity contribution in [1.29, 1.82) is 0 Å². The molecule has 1 aliphatic rings. The van der Waals surface area contributed by atoms with Crippen LogP contribution in [0.4, 0.5) is 5.69 Å². The number of piperazine rings is 1. The van der Waals surface area contributed by atoms with Crippen LogP contribution >= 0.6 is 11.6 Å². The van der Waals surface area contributed by atoms with Gasteiger partial charge in [-0.05, 0) is 48.5 Å². The first kappa shape index (κ1) is 19.5. The molecule has 0 bridgehead atoms. The molecule has 1 aliphatic heterocycles. The van der Waals surface area contributed by atoms with E-state index in [1.54, 1.807) is 0 Å². The Bertz CT molecular complexity index is 739. The van der Waals surface area contributed by atoms with Crippen LogP contribution in [0.5, 0.6) is 5.75 Å². The van der Waals surface area contributed by atoms with Crippen LogP contribution in [0.3, 0.4) is 0 Å². The summed E-state index contributed by atoms with van der Waals surface area (Å²) in [6.45, 7) is 4.70. The van der Waals surface area contributed by atoms with Gasteiger partial charge in [0.2, 0.25) is 0 Å². The van der Waals surface area contributed by atoms with Crippen molar-refractivity contribution in [2.24, 2.45) is 0 Å². The number of hydrogen-bond donors (Lipinski definition) is 0. The normalized spacial score (nSPS) is 14.9. The molecule has 0 radical (unpaired) electrons. The van der Waals surface area contributed by atoms with Crippen molar-refractivity contribution in [3.05, 3.63) is 59.1 Å². The average molecular weight is 388 g/mol. The number of amides is 1. The van der Waals surface area contributed by atoms with Crippen LogP contribution in [0.2, 0.25) is 5.02 Å². The first-order chi connectivity index (χ1) is 13.0. The molecule has 0 N–H and O–H groups in total. The third-order valence-corrected chi connectivity index (χ3v) is 5.03. The van der Waals surface area contributed by atoms with E-state index in [4.69, 9.17) is 16.3 Å². The zero-order chi connectivity index (χ0) is 19.2. The first-order valence-corrected chi connectivity index (χ1v) is 9.58. The van der Waals surface area contributed by atoms with Crippen LogP contribution in [0.15, 0.2) is 48.5 Å². The van der Waals surface area contributed by atoms with E-state index in [0.29, 0.717) is 11.6 Å². The largest absolute Gasteiger partial charge is 0.492 e. The highest BCUT2D eigenvalue weighted by Gasteiger charge is 2.22. The van der Waals surface area contributed by atoms with E-state index in [2.05, 4.69) is 4.90 Å². The second-order valence-corrected chi connectivity index (χ2v) is 7.31. The summed E-state index contributed by atoms with van der Waals surface area (Å²) in [7, 11) is 3.99. The molecule has 0 atom stereocenters. The van der Waals surface area contributed by atoms with Gasteiger partial charge in [0.25, 0.3) is 5.91 Å². The predicted molar refractivity (Wildman–Crippen MR) is 110 cm³/mol. The van der Waals surface area contributed by atoms with Crippen molar-refractivity contribution in [3.63, 3.8) is 0 Å². The number of halogens is 1. The van der Waals surface area contributed by atoms with E-state index in [1.807, 2.05) is 72.4 Å². The lowest BCUT2D eigenvalue weighted by atomic mass is 10.1. The van der Waals surface area contributed by atoms with Gasteiger partial charge in [0.05, 0.1) is 0 Å². The minimum Gasteiger partial charge on any atom is -0.492 e. The Hall–Kier alpha value is -2.24. The topological polar surface area (TPSA) is 36.0 Å². The third kappa shape index (κ3) is 5.37. The second-order valence-electron chi connectivity index (χ2n) is 6.88. The summed E-state index contributed by atoms with van der Waals surface area (Å²) in [5.41, 5.74) is 1.84. The lowest BCUT2D eigenvalue weighted by molar-refractivity contribution is 0.0620. The van der Waals surface area contributed by atoms with Gasteiger partial charge < -0.3 is 14.5 Å². The van der Waals surface area contributed by atoms with Gasteiger partial charge >= 0.3 is 0 Å². The maximum absolute atomic E-state index is 12.7. The summed E-state index contributed by atoms with van der Waals surface area (Å²) in [4.78, 5) is 19.0. The molecule has 0 saturated carbocycles. The Morgan fingerprint density at radius 3 is 2.22 bits per heavy atom. The molecule has 1 saturated heterocycles. The van der Waals surface area contributed by atoms with Gasteiger partial charge in [-0.25, -0.2) is 0 Å². The summed E-state index contributed by atoms with van der Waals surface area (Å²) in [5.74, 6) is 0.937. The molecule has 3 rings (SSSR count). The maximum atomic E-state index is 12.7. The molecule has 2 aromatic rings. The Balaban J connectivity index is 1.42. The molecule has 0 unspecified atom stereocenters. The van der Waals surface area contributed by atoms with E-state index >= 15 is 0 Å². The van der Waals surface area contributed by atoms with E-state index in [0.717, 1.165) is 49.7 Å². The summed E-state index contributed by atoms with van der Waals surface area (Å²) in [5, 5.41) is 0.708. The zero-order valence-corrected chi connectivity index (χ0v) is 16.7. The summed E-state index contributed by atoms with van der Waals surface area (Å²) in [6, 6.07) is 15.2. The predicted octanol–water partition coefficient (Wildman–Crippen LogP) is 3.24. The van der Waals surface area contributed by atoms with Gasteiger partial charge in [0.1, 0.15) is 12.4 Å². The van der Waals surface area contributed by atoms with Crippen LogP contribution in [0.1, 0.15) is 10.4 Å². The quantitative estimate of drug-likeness (QED) is 0.762. The monoisotopic (exact) mass is 387 g/mol. The van der Waals surface area contributed by atoms with Crippen LogP contribution in [-0.2, 0) is 0 Å². The molecule has 0 aromatic heterocycles. The molecular weight excluding hydrogens is 362 g/mol. The molecule has 1 fully saturated rings. The Morgan fingerprint density at radius 1 is 1.00 bits per heavy atom. The van der Waals surface area contributed by atoms with Crippen molar-refractivity contribution < 1.29 is 9.53 Å². The van der Waals surface area contributed by atoms with E-state index in [1.165, 1.54) is 0 Å².